The van der Waals surface area contributed by atoms with E-state index in [0.717, 1.165) is 37.1 Å². The number of aromatic amines is 1. The van der Waals surface area contributed by atoms with Gasteiger partial charge in [0.2, 0.25) is 0 Å². The second kappa shape index (κ2) is 5.72. The lowest BCUT2D eigenvalue weighted by molar-refractivity contribution is -0.140. The molecule has 3 nitrogen and oxygen atoms in total. The smallest absolute Gasteiger partial charge is 0.310 e. The van der Waals surface area contributed by atoms with E-state index in [9.17, 15) is 17.6 Å². The van der Waals surface area contributed by atoms with E-state index in [2.05, 4.69) is 15.5 Å². The topological polar surface area (TPSA) is 40.7 Å². The first kappa shape index (κ1) is 15.0. The van der Waals surface area contributed by atoms with Crippen LogP contribution in [-0.2, 0) is 25.6 Å². The van der Waals surface area contributed by atoms with E-state index in [0.29, 0.717) is 5.56 Å². The van der Waals surface area contributed by atoms with Crippen molar-refractivity contribution in [2.75, 3.05) is 0 Å². The summed E-state index contributed by atoms with van der Waals surface area (Å²) in [6.07, 6.45) is -0.305. The van der Waals surface area contributed by atoms with Crippen molar-refractivity contribution in [3.8, 4) is 0 Å². The van der Waals surface area contributed by atoms with E-state index >= 15 is 0 Å². The van der Waals surface area contributed by atoms with Crippen molar-refractivity contribution < 1.29 is 17.6 Å². The van der Waals surface area contributed by atoms with E-state index in [1.165, 1.54) is 11.6 Å². The lowest BCUT2D eigenvalue weighted by atomic mass is 9.93. The summed E-state index contributed by atoms with van der Waals surface area (Å²) in [6.45, 7) is 0.275. The van der Waals surface area contributed by atoms with Crippen molar-refractivity contribution in [3.05, 3.63) is 52.6 Å². The summed E-state index contributed by atoms with van der Waals surface area (Å²) in [5, 5.41) is 10.1. The van der Waals surface area contributed by atoms with Crippen molar-refractivity contribution in [2.24, 2.45) is 0 Å². The molecule has 0 spiro atoms. The van der Waals surface area contributed by atoms with Crippen molar-refractivity contribution in [1.82, 2.24) is 15.5 Å². The third-order valence-corrected chi connectivity index (χ3v) is 3.95. The summed E-state index contributed by atoms with van der Waals surface area (Å²) >= 11 is 0. The van der Waals surface area contributed by atoms with Crippen molar-refractivity contribution in [3.63, 3.8) is 0 Å². The molecular weight excluding hydrogens is 298 g/mol. The number of nitrogens with one attached hydrogen (secondary N) is 2. The minimum Gasteiger partial charge on any atom is -0.310 e. The normalized spacial score (nSPS) is 18.3. The van der Waals surface area contributed by atoms with Gasteiger partial charge >= 0.3 is 6.18 Å². The minimum atomic E-state index is -4.67. The lowest BCUT2D eigenvalue weighted by Crippen LogP contribution is -2.34. The molecule has 1 heterocycles. The summed E-state index contributed by atoms with van der Waals surface area (Å²) < 4.78 is 51.3. The van der Waals surface area contributed by atoms with Crippen molar-refractivity contribution in [1.29, 1.82) is 0 Å². The summed E-state index contributed by atoms with van der Waals surface area (Å²) in [6, 6.07) is 3.29. The van der Waals surface area contributed by atoms with Gasteiger partial charge in [0, 0.05) is 24.7 Å². The zero-order chi connectivity index (χ0) is 15.7. The molecule has 0 bridgehead atoms. The third-order valence-electron chi connectivity index (χ3n) is 3.95. The first-order chi connectivity index (χ1) is 10.4. The third kappa shape index (κ3) is 3.14. The van der Waals surface area contributed by atoms with Gasteiger partial charge in [-0.3, -0.25) is 5.10 Å². The molecule has 0 fully saturated rings. The maximum absolute atomic E-state index is 13.2. The van der Waals surface area contributed by atoms with Crippen LogP contribution in [0.25, 0.3) is 0 Å². The highest BCUT2D eigenvalue weighted by molar-refractivity contribution is 5.27. The number of alkyl halides is 3. The van der Waals surface area contributed by atoms with Crippen LogP contribution >= 0.6 is 0 Å². The van der Waals surface area contributed by atoms with Crippen LogP contribution in [0.2, 0.25) is 0 Å². The Labute approximate surface area is 124 Å². The Morgan fingerprint density at radius 3 is 2.91 bits per heavy atom. The number of aromatic nitrogens is 2. The number of rotatable bonds is 3. The Morgan fingerprint density at radius 2 is 2.14 bits per heavy atom. The van der Waals surface area contributed by atoms with Gasteiger partial charge in [-0.1, -0.05) is 6.07 Å². The molecule has 1 atom stereocenters. The number of hydrogen-bond donors (Lipinski definition) is 2. The predicted octanol–water partition coefficient (Wildman–Crippen LogP) is 3.21. The van der Waals surface area contributed by atoms with Gasteiger partial charge < -0.3 is 5.32 Å². The Bertz CT molecular complexity index is 663. The van der Waals surface area contributed by atoms with Crippen molar-refractivity contribution >= 4 is 0 Å². The highest BCUT2D eigenvalue weighted by Gasteiger charge is 2.34. The summed E-state index contributed by atoms with van der Waals surface area (Å²) in [4.78, 5) is 0. The maximum Gasteiger partial charge on any atom is 0.419 e. The lowest BCUT2D eigenvalue weighted by Gasteiger charge is -2.23. The zero-order valence-corrected chi connectivity index (χ0v) is 11.7. The highest BCUT2D eigenvalue weighted by Crippen LogP contribution is 2.32. The number of hydrogen-bond acceptors (Lipinski definition) is 2. The number of benzene rings is 1. The highest BCUT2D eigenvalue weighted by atomic mass is 19.4. The molecule has 0 aliphatic heterocycles. The van der Waals surface area contributed by atoms with E-state index < -0.39 is 17.6 Å². The molecule has 0 saturated carbocycles. The molecular formula is C15H15F4N3. The van der Waals surface area contributed by atoms with Gasteiger partial charge in [-0.05, 0) is 36.1 Å². The van der Waals surface area contributed by atoms with Crippen LogP contribution in [0.5, 0.6) is 0 Å². The molecule has 0 saturated heterocycles. The summed E-state index contributed by atoms with van der Waals surface area (Å²) in [5.74, 6) is -1.24. The molecule has 2 N–H and O–H groups in total. The minimum absolute atomic E-state index is 0.173. The zero-order valence-electron chi connectivity index (χ0n) is 11.7. The Kier molecular flexibility index (Phi) is 3.90. The van der Waals surface area contributed by atoms with Gasteiger partial charge in [-0.15, -0.1) is 0 Å². The van der Waals surface area contributed by atoms with Crippen LogP contribution in [0.1, 0.15) is 28.8 Å². The number of H-pyrrole nitrogens is 1. The van der Waals surface area contributed by atoms with E-state index in [1.807, 2.05) is 0 Å². The van der Waals surface area contributed by atoms with Crippen LogP contribution < -0.4 is 5.32 Å². The molecule has 0 radical (unpaired) electrons. The van der Waals surface area contributed by atoms with Gasteiger partial charge in [0.25, 0.3) is 0 Å². The van der Waals surface area contributed by atoms with E-state index in [-0.39, 0.29) is 12.6 Å². The first-order valence-electron chi connectivity index (χ1n) is 7.03. The summed E-state index contributed by atoms with van der Waals surface area (Å²) in [7, 11) is 0. The van der Waals surface area contributed by atoms with E-state index in [4.69, 9.17) is 0 Å². The van der Waals surface area contributed by atoms with Crippen LogP contribution in [-0.4, -0.2) is 16.2 Å². The molecule has 7 heteroatoms. The number of halogens is 4. The number of aryl methyl sites for hydroxylation is 1. The van der Waals surface area contributed by atoms with Gasteiger partial charge in [0.15, 0.2) is 0 Å². The quantitative estimate of drug-likeness (QED) is 0.854. The fourth-order valence-corrected chi connectivity index (χ4v) is 2.74. The van der Waals surface area contributed by atoms with E-state index in [1.54, 1.807) is 6.20 Å². The Hall–Kier alpha value is -1.89. The van der Waals surface area contributed by atoms with Crippen LogP contribution in [0, 0.1) is 5.82 Å². The second-order valence-corrected chi connectivity index (χ2v) is 5.51. The molecule has 1 aromatic carbocycles. The Balaban J connectivity index is 1.65. The molecule has 1 aliphatic carbocycles. The SMILES string of the molecule is Fc1ccc(CNC2CCc3cn[nH]c3C2)cc1C(F)(F)F. The average molecular weight is 313 g/mol. The Morgan fingerprint density at radius 1 is 1.32 bits per heavy atom. The maximum atomic E-state index is 13.2. The average Bonchev–Trinajstić information content (AvgIpc) is 2.92. The fourth-order valence-electron chi connectivity index (χ4n) is 2.74. The molecule has 22 heavy (non-hydrogen) atoms. The molecule has 1 unspecified atom stereocenters. The van der Waals surface area contributed by atoms with Gasteiger partial charge in [0.1, 0.15) is 5.82 Å². The summed E-state index contributed by atoms with van der Waals surface area (Å²) in [5.41, 5.74) is 1.47. The first-order valence-corrected chi connectivity index (χ1v) is 7.03. The standard InChI is InChI=1S/C15H15F4N3/c16-13-4-1-9(5-12(13)15(17,18)19)7-20-11-3-2-10-8-21-22-14(10)6-11/h1,4-5,8,11,20H,2-3,6-7H2,(H,21,22). The molecule has 0 amide bonds. The van der Waals surface area contributed by atoms with Crippen LogP contribution in [0.15, 0.2) is 24.4 Å². The van der Waals surface area contributed by atoms with Gasteiger partial charge in [0.05, 0.1) is 11.8 Å². The molecule has 2 aromatic rings. The molecule has 3 rings (SSSR count). The number of fused-ring (bicyclic) bond motifs is 1. The monoisotopic (exact) mass is 313 g/mol. The molecule has 1 aliphatic rings. The fraction of sp³-hybridized carbons (Fsp3) is 0.400. The second-order valence-electron chi connectivity index (χ2n) is 5.51. The largest absolute Gasteiger partial charge is 0.419 e. The van der Waals surface area contributed by atoms with Gasteiger partial charge in [-0.2, -0.15) is 18.3 Å². The van der Waals surface area contributed by atoms with Crippen LogP contribution in [0.4, 0.5) is 17.6 Å². The van der Waals surface area contributed by atoms with Crippen LogP contribution in [0.3, 0.4) is 0 Å². The molecule has 118 valence electrons. The predicted molar refractivity (Wildman–Crippen MR) is 72.6 cm³/mol. The van der Waals surface area contributed by atoms with Gasteiger partial charge in [-0.25, -0.2) is 4.39 Å². The molecule has 1 aromatic heterocycles. The van der Waals surface area contributed by atoms with Crippen molar-refractivity contribution in [2.45, 2.75) is 38.0 Å². The number of nitrogens with zero attached hydrogens (tertiary/aromatic N) is 1.